The van der Waals surface area contributed by atoms with Crippen LogP contribution in [0.15, 0.2) is 6.07 Å². The molecule has 0 atom stereocenters. The Morgan fingerprint density at radius 1 is 1.35 bits per heavy atom. The summed E-state index contributed by atoms with van der Waals surface area (Å²) in [7, 11) is 1.75. The van der Waals surface area contributed by atoms with E-state index in [4.69, 9.17) is 4.74 Å². The molecule has 0 fully saturated rings. The third-order valence-corrected chi connectivity index (χ3v) is 3.07. The molecule has 1 heterocycles. The van der Waals surface area contributed by atoms with Crippen molar-refractivity contribution >= 4 is 0 Å². The Hall–Kier alpha value is -0.800. The average molecular weight is 238 g/mol. The predicted octanol–water partition coefficient (Wildman–Crippen LogP) is 2.50. The van der Waals surface area contributed by atoms with Gasteiger partial charge in [-0.3, -0.25) is 0 Å². The summed E-state index contributed by atoms with van der Waals surface area (Å²) in [6, 6.07) is 2.28. The van der Waals surface area contributed by atoms with E-state index in [1.54, 1.807) is 7.11 Å². The van der Waals surface area contributed by atoms with Gasteiger partial charge in [0.05, 0.1) is 6.61 Å². The van der Waals surface area contributed by atoms with Crippen LogP contribution in [0.2, 0.25) is 0 Å². The highest BCUT2D eigenvalue weighted by atomic mass is 16.5. The SMILES string of the molecule is COCCn1c(C)cc(CNCC(C)C)c1C. The summed E-state index contributed by atoms with van der Waals surface area (Å²) in [5.41, 5.74) is 4.08. The minimum atomic E-state index is 0.701. The van der Waals surface area contributed by atoms with Crippen LogP contribution in [0.4, 0.5) is 0 Å². The van der Waals surface area contributed by atoms with Crippen molar-refractivity contribution in [3.8, 4) is 0 Å². The highest BCUT2D eigenvalue weighted by Crippen LogP contribution is 2.14. The normalized spacial score (nSPS) is 11.4. The zero-order valence-electron chi connectivity index (χ0n) is 11.8. The van der Waals surface area contributed by atoms with Gasteiger partial charge in [0.15, 0.2) is 0 Å². The molecule has 0 radical (unpaired) electrons. The third kappa shape index (κ3) is 4.17. The Morgan fingerprint density at radius 2 is 2.06 bits per heavy atom. The van der Waals surface area contributed by atoms with Crippen molar-refractivity contribution in [3.05, 3.63) is 23.0 Å². The molecule has 1 aromatic heterocycles. The van der Waals surface area contributed by atoms with Crippen LogP contribution in [0.3, 0.4) is 0 Å². The molecule has 98 valence electrons. The van der Waals surface area contributed by atoms with E-state index in [2.05, 4.69) is 43.6 Å². The summed E-state index contributed by atoms with van der Waals surface area (Å²) in [5.74, 6) is 0.701. The van der Waals surface area contributed by atoms with Gasteiger partial charge < -0.3 is 14.6 Å². The molecule has 0 amide bonds. The second-order valence-electron chi connectivity index (χ2n) is 5.07. The van der Waals surface area contributed by atoms with Crippen LogP contribution in [0.25, 0.3) is 0 Å². The molecule has 0 aliphatic heterocycles. The predicted molar refractivity (Wildman–Crippen MR) is 72.3 cm³/mol. The Kier molecular flexibility index (Phi) is 5.72. The van der Waals surface area contributed by atoms with Crippen LogP contribution in [0.5, 0.6) is 0 Å². The smallest absolute Gasteiger partial charge is 0.0641 e. The lowest BCUT2D eigenvalue weighted by molar-refractivity contribution is 0.186. The lowest BCUT2D eigenvalue weighted by Crippen LogP contribution is -2.19. The fourth-order valence-electron chi connectivity index (χ4n) is 2.07. The lowest BCUT2D eigenvalue weighted by atomic mass is 10.2. The minimum absolute atomic E-state index is 0.701. The average Bonchev–Trinajstić information content (AvgIpc) is 2.52. The van der Waals surface area contributed by atoms with E-state index >= 15 is 0 Å². The first kappa shape index (κ1) is 14.3. The zero-order valence-corrected chi connectivity index (χ0v) is 11.8. The van der Waals surface area contributed by atoms with Crippen molar-refractivity contribution in [2.45, 2.75) is 40.8 Å². The highest BCUT2D eigenvalue weighted by Gasteiger charge is 2.08. The van der Waals surface area contributed by atoms with E-state index in [0.717, 1.165) is 26.2 Å². The first-order valence-electron chi connectivity index (χ1n) is 6.41. The third-order valence-electron chi connectivity index (χ3n) is 3.07. The molecule has 0 bridgehead atoms. The van der Waals surface area contributed by atoms with Crippen molar-refractivity contribution in [2.75, 3.05) is 20.3 Å². The van der Waals surface area contributed by atoms with Crippen LogP contribution in [-0.4, -0.2) is 24.8 Å². The maximum absolute atomic E-state index is 5.14. The summed E-state index contributed by atoms with van der Waals surface area (Å²) < 4.78 is 7.47. The van der Waals surface area contributed by atoms with Gasteiger partial charge in [-0.05, 0) is 37.9 Å². The van der Waals surface area contributed by atoms with Crippen LogP contribution in [0, 0.1) is 19.8 Å². The Bertz CT molecular complexity index is 342. The molecule has 0 aliphatic carbocycles. The van der Waals surface area contributed by atoms with Crippen LogP contribution in [0.1, 0.15) is 30.8 Å². The zero-order chi connectivity index (χ0) is 12.8. The molecule has 0 aliphatic rings. The van der Waals surface area contributed by atoms with Gasteiger partial charge >= 0.3 is 0 Å². The van der Waals surface area contributed by atoms with Gasteiger partial charge in [-0.1, -0.05) is 13.8 Å². The van der Waals surface area contributed by atoms with Crippen LogP contribution >= 0.6 is 0 Å². The maximum atomic E-state index is 5.14. The van der Waals surface area contributed by atoms with Crippen molar-refractivity contribution in [2.24, 2.45) is 5.92 Å². The van der Waals surface area contributed by atoms with Gasteiger partial charge in [-0.15, -0.1) is 0 Å². The quantitative estimate of drug-likeness (QED) is 0.790. The first-order chi connectivity index (χ1) is 8.06. The van der Waals surface area contributed by atoms with Gasteiger partial charge in [-0.25, -0.2) is 0 Å². The molecular weight excluding hydrogens is 212 g/mol. The van der Waals surface area contributed by atoms with E-state index in [0.29, 0.717) is 5.92 Å². The maximum Gasteiger partial charge on any atom is 0.0641 e. The number of hydrogen-bond acceptors (Lipinski definition) is 2. The van der Waals surface area contributed by atoms with E-state index in [9.17, 15) is 0 Å². The second-order valence-corrected chi connectivity index (χ2v) is 5.07. The van der Waals surface area contributed by atoms with Gasteiger partial charge in [-0.2, -0.15) is 0 Å². The van der Waals surface area contributed by atoms with Crippen LogP contribution in [-0.2, 0) is 17.8 Å². The topological polar surface area (TPSA) is 26.2 Å². The lowest BCUT2D eigenvalue weighted by Gasteiger charge is -2.10. The van der Waals surface area contributed by atoms with Crippen molar-refractivity contribution in [1.29, 1.82) is 0 Å². The highest BCUT2D eigenvalue weighted by molar-refractivity contribution is 5.26. The molecule has 0 unspecified atom stereocenters. The van der Waals surface area contributed by atoms with Gasteiger partial charge in [0.1, 0.15) is 0 Å². The standard InChI is InChI=1S/C14H26N2O/c1-11(2)9-15-10-14-8-12(3)16(13(14)4)6-7-17-5/h8,11,15H,6-7,9-10H2,1-5H3. The second kappa shape index (κ2) is 6.82. The Labute approximate surface area is 105 Å². The number of hydrogen-bond donors (Lipinski definition) is 1. The van der Waals surface area contributed by atoms with E-state index in [1.807, 2.05) is 0 Å². The first-order valence-corrected chi connectivity index (χ1v) is 6.41. The molecule has 3 heteroatoms. The molecule has 0 saturated heterocycles. The van der Waals surface area contributed by atoms with Gasteiger partial charge in [0.2, 0.25) is 0 Å². The molecule has 17 heavy (non-hydrogen) atoms. The minimum Gasteiger partial charge on any atom is -0.383 e. The monoisotopic (exact) mass is 238 g/mol. The van der Waals surface area contributed by atoms with E-state index in [1.165, 1.54) is 17.0 Å². The molecule has 0 spiro atoms. The summed E-state index contributed by atoms with van der Waals surface area (Å²) in [5, 5.41) is 3.49. The summed E-state index contributed by atoms with van der Waals surface area (Å²) in [6.45, 7) is 12.6. The summed E-state index contributed by atoms with van der Waals surface area (Å²) in [6.07, 6.45) is 0. The number of methoxy groups -OCH3 is 1. The van der Waals surface area contributed by atoms with Crippen molar-refractivity contribution in [3.63, 3.8) is 0 Å². The van der Waals surface area contributed by atoms with Crippen molar-refractivity contribution in [1.82, 2.24) is 9.88 Å². The van der Waals surface area contributed by atoms with Crippen LogP contribution < -0.4 is 5.32 Å². The number of rotatable bonds is 7. The largest absolute Gasteiger partial charge is 0.383 e. The Balaban J connectivity index is 2.61. The molecule has 1 N–H and O–H groups in total. The Morgan fingerprint density at radius 3 is 2.65 bits per heavy atom. The fourth-order valence-corrected chi connectivity index (χ4v) is 2.07. The number of aryl methyl sites for hydroxylation is 1. The summed E-state index contributed by atoms with van der Waals surface area (Å²) >= 11 is 0. The molecule has 0 saturated carbocycles. The van der Waals surface area contributed by atoms with E-state index < -0.39 is 0 Å². The van der Waals surface area contributed by atoms with Gasteiger partial charge in [0, 0.05) is 31.6 Å². The molecule has 1 rings (SSSR count). The van der Waals surface area contributed by atoms with E-state index in [-0.39, 0.29) is 0 Å². The molecular formula is C14H26N2O. The number of aromatic nitrogens is 1. The molecule has 3 nitrogen and oxygen atoms in total. The summed E-state index contributed by atoms with van der Waals surface area (Å²) in [4.78, 5) is 0. The number of nitrogens with zero attached hydrogens (tertiary/aromatic N) is 1. The number of ether oxygens (including phenoxy) is 1. The van der Waals surface area contributed by atoms with Crippen molar-refractivity contribution < 1.29 is 4.74 Å². The number of nitrogens with one attached hydrogen (secondary N) is 1. The molecule has 0 aromatic carbocycles. The van der Waals surface area contributed by atoms with Gasteiger partial charge in [0.25, 0.3) is 0 Å². The fraction of sp³-hybridized carbons (Fsp3) is 0.714. The molecule has 1 aromatic rings.